The molecule has 1 amide bonds. The molecule has 1 N–H and O–H groups in total. The van der Waals surface area contributed by atoms with Crippen molar-refractivity contribution in [2.45, 2.75) is 32.6 Å². The van der Waals surface area contributed by atoms with Crippen LogP contribution in [0, 0.1) is 0 Å². The van der Waals surface area contributed by atoms with E-state index in [0.29, 0.717) is 22.8 Å². The lowest BCUT2D eigenvalue weighted by Gasteiger charge is -2.15. The Hall–Kier alpha value is -2.69. The summed E-state index contributed by atoms with van der Waals surface area (Å²) in [6, 6.07) is 11.3. The average molecular weight is 357 g/mol. The molecule has 0 spiro atoms. The van der Waals surface area contributed by atoms with E-state index in [2.05, 4.69) is 24.4 Å². The van der Waals surface area contributed by atoms with E-state index in [-0.39, 0.29) is 5.91 Å². The first-order chi connectivity index (χ1) is 12.6. The van der Waals surface area contributed by atoms with Crippen molar-refractivity contribution >= 4 is 11.6 Å². The third-order valence-corrected chi connectivity index (χ3v) is 4.23. The lowest BCUT2D eigenvalue weighted by Crippen LogP contribution is -2.14. The highest BCUT2D eigenvalue weighted by Crippen LogP contribution is 2.39. The summed E-state index contributed by atoms with van der Waals surface area (Å²) in [6.45, 7) is 2.20. The largest absolute Gasteiger partial charge is 0.493 e. The molecule has 26 heavy (non-hydrogen) atoms. The van der Waals surface area contributed by atoms with Gasteiger partial charge in [-0.15, -0.1) is 0 Å². The molecule has 2 aromatic rings. The van der Waals surface area contributed by atoms with Gasteiger partial charge < -0.3 is 19.5 Å². The number of aryl methyl sites for hydroxylation is 1. The normalized spacial score (nSPS) is 10.3. The van der Waals surface area contributed by atoms with Gasteiger partial charge in [0.25, 0.3) is 5.91 Å². The molecule has 0 unspecified atom stereocenters. The maximum absolute atomic E-state index is 12.7. The van der Waals surface area contributed by atoms with Gasteiger partial charge in [-0.05, 0) is 42.7 Å². The van der Waals surface area contributed by atoms with E-state index < -0.39 is 0 Å². The molecule has 5 heteroatoms. The third-order valence-electron chi connectivity index (χ3n) is 4.23. The molecule has 0 aliphatic carbocycles. The number of carbonyl (C=O) groups excluding carboxylic acids is 1. The lowest BCUT2D eigenvalue weighted by atomic mass is 10.1. The van der Waals surface area contributed by atoms with Crippen LogP contribution < -0.4 is 19.5 Å². The number of anilines is 1. The Labute approximate surface area is 155 Å². The number of rotatable bonds is 9. The summed E-state index contributed by atoms with van der Waals surface area (Å²) in [7, 11) is 4.55. The van der Waals surface area contributed by atoms with Gasteiger partial charge in [-0.1, -0.05) is 31.9 Å². The van der Waals surface area contributed by atoms with Crippen molar-refractivity contribution in [3.8, 4) is 17.2 Å². The summed E-state index contributed by atoms with van der Waals surface area (Å²) in [5.41, 5.74) is 2.41. The second kappa shape index (κ2) is 9.70. The molecule has 0 aliphatic rings. The lowest BCUT2D eigenvalue weighted by molar-refractivity contribution is 0.102. The fourth-order valence-electron chi connectivity index (χ4n) is 2.81. The molecule has 0 aromatic heterocycles. The quantitative estimate of drug-likeness (QED) is 0.661. The van der Waals surface area contributed by atoms with Crippen molar-refractivity contribution < 1.29 is 19.0 Å². The van der Waals surface area contributed by atoms with Gasteiger partial charge in [-0.3, -0.25) is 4.79 Å². The number of methoxy groups -OCH3 is 3. The molecule has 0 saturated heterocycles. The van der Waals surface area contributed by atoms with Gasteiger partial charge in [0.2, 0.25) is 5.75 Å². The second-order valence-corrected chi connectivity index (χ2v) is 5.99. The Morgan fingerprint density at radius 3 is 2.15 bits per heavy atom. The summed E-state index contributed by atoms with van der Waals surface area (Å²) in [5, 5.41) is 2.90. The minimum absolute atomic E-state index is 0.262. The third kappa shape index (κ3) is 4.69. The highest BCUT2D eigenvalue weighted by Gasteiger charge is 2.20. The Balaban J connectivity index is 2.14. The standard InChI is InChI=1S/C21H27NO4/c1-5-6-7-8-15-9-11-16(12-10-15)22-21(23)17-13-14-18(24-2)20(26-4)19(17)25-3/h9-14H,5-8H2,1-4H3,(H,22,23). The van der Waals surface area contributed by atoms with Gasteiger partial charge in [0, 0.05) is 5.69 Å². The Morgan fingerprint density at radius 1 is 0.885 bits per heavy atom. The van der Waals surface area contributed by atoms with Crippen LogP contribution in [0.5, 0.6) is 17.2 Å². The highest BCUT2D eigenvalue weighted by molar-refractivity contribution is 6.07. The maximum atomic E-state index is 12.7. The highest BCUT2D eigenvalue weighted by atomic mass is 16.5. The van der Waals surface area contributed by atoms with Crippen molar-refractivity contribution in [2.75, 3.05) is 26.6 Å². The monoisotopic (exact) mass is 357 g/mol. The van der Waals surface area contributed by atoms with Crippen LogP contribution in [0.1, 0.15) is 42.1 Å². The first-order valence-corrected chi connectivity index (χ1v) is 8.83. The maximum Gasteiger partial charge on any atom is 0.259 e. The molecule has 0 bridgehead atoms. The van der Waals surface area contributed by atoms with Crippen LogP contribution in [0.4, 0.5) is 5.69 Å². The molecule has 0 atom stereocenters. The van der Waals surface area contributed by atoms with Crippen molar-refractivity contribution in [3.05, 3.63) is 47.5 Å². The van der Waals surface area contributed by atoms with E-state index in [4.69, 9.17) is 14.2 Å². The number of ether oxygens (including phenoxy) is 3. The fourth-order valence-corrected chi connectivity index (χ4v) is 2.81. The molecule has 5 nitrogen and oxygen atoms in total. The topological polar surface area (TPSA) is 56.8 Å². The molecular weight excluding hydrogens is 330 g/mol. The van der Waals surface area contributed by atoms with Crippen LogP contribution >= 0.6 is 0 Å². The predicted molar refractivity (Wildman–Crippen MR) is 104 cm³/mol. The van der Waals surface area contributed by atoms with Gasteiger partial charge in [-0.2, -0.15) is 0 Å². The van der Waals surface area contributed by atoms with Gasteiger partial charge in [-0.25, -0.2) is 0 Å². The van der Waals surface area contributed by atoms with Gasteiger partial charge in [0.15, 0.2) is 11.5 Å². The van der Waals surface area contributed by atoms with Crippen LogP contribution in [0.15, 0.2) is 36.4 Å². The number of hydrogen-bond donors (Lipinski definition) is 1. The number of amides is 1. The molecule has 0 heterocycles. The second-order valence-electron chi connectivity index (χ2n) is 5.99. The molecule has 2 rings (SSSR count). The average Bonchev–Trinajstić information content (AvgIpc) is 2.68. The summed E-state index contributed by atoms with van der Waals surface area (Å²) < 4.78 is 16.0. The van der Waals surface area contributed by atoms with Gasteiger partial charge in [0.05, 0.1) is 26.9 Å². The van der Waals surface area contributed by atoms with Gasteiger partial charge in [0.1, 0.15) is 0 Å². The number of carbonyl (C=O) groups is 1. The van der Waals surface area contributed by atoms with Crippen molar-refractivity contribution in [3.63, 3.8) is 0 Å². The molecule has 0 saturated carbocycles. The summed E-state index contributed by atoms with van der Waals surface area (Å²) in [6.07, 6.45) is 4.69. The van der Waals surface area contributed by atoms with Crippen molar-refractivity contribution in [1.82, 2.24) is 0 Å². The fraction of sp³-hybridized carbons (Fsp3) is 0.381. The first-order valence-electron chi connectivity index (χ1n) is 8.83. The van der Waals surface area contributed by atoms with E-state index in [9.17, 15) is 4.79 Å². The van der Waals surface area contributed by atoms with E-state index in [1.807, 2.05) is 12.1 Å². The van der Waals surface area contributed by atoms with Crippen LogP contribution in [-0.2, 0) is 6.42 Å². The van der Waals surface area contributed by atoms with Crippen molar-refractivity contribution in [1.29, 1.82) is 0 Å². The van der Waals surface area contributed by atoms with E-state index in [1.54, 1.807) is 19.2 Å². The molecule has 2 aromatic carbocycles. The Bertz CT molecular complexity index is 726. The Morgan fingerprint density at radius 2 is 1.58 bits per heavy atom. The number of nitrogens with one attached hydrogen (secondary N) is 1. The Kier molecular flexibility index (Phi) is 7.33. The number of benzene rings is 2. The zero-order chi connectivity index (χ0) is 18.9. The summed E-state index contributed by atoms with van der Waals surface area (Å²) in [4.78, 5) is 12.7. The minimum atomic E-state index is -0.262. The van der Waals surface area contributed by atoms with E-state index in [0.717, 1.165) is 12.1 Å². The summed E-state index contributed by atoms with van der Waals surface area (Å²) >= 11 is 0. The molecule has 140 valence electrons. The SMILES string of the molecule is CCCCCc1ccc(NC(=O)c2ccc(OC)c(OC)c2OC)cc1. The van der Waals surface area contributed by atoms with Crippen molar-refractivity contribution in [2.24, 2.45) is 0 Å². The van der Waals surface area contributed by atoms with E-state index in [1.165, 1.54) is 39.0 Å². The molecular formula is C21H27NO4. The molecule has 0 radical (unpaired) electrons. The summed E-state index contributed by atoms with van der Waals surface area (Å²) in [5.74, 6) is 0.994. The minimum Gasteiger partial charge on any atom is -0.493 e. The van der Waals surface area contributed by atoms with Crippen LogP contribution in [-0.4, -0.2) is 27.2 Å². The molecule has 0 aliphatic heterocycles. The van der Waals surface area contributed by atoms with Crippen LogP contribution in [0.3, 0.4) is 0 Å². The van der Waals surface area contributed by atoms with E-state index >= 15 is 0 Å². The zero-order valence-electron chi connectivity index (χ0n) is 15.9. The predicted octanol–water partition coefficient (Wildman–Crippen LogP) is 4.70. The van der Waals surface area contributed by atoms with Gasteiger partial charge >= 0.3 is 0 Å². The van der Waals surface area contributed by atoms with Crippen LogP contribution in [0.25, 0.3) is 0 Å². The molecule has 0 fully saturated rings. The zero-order valence-corrected chi connectivity index (χ0v) is 15.9. The number of hydrogen-bond acceptors (Lipinski definition) is 4. The first kappa shape index (κ1) is 19.6. The number of unbranched alkanes of at least 4 members (excludes halogenated alkanes) is 2. The van der Waals surface area contributed by atoms with Crippen LogP contribution in [0.2, 0.25) is 0 Å². The smallest absolute Gasteiger partial charge is 0.259 e.